The second-order valence-electron chi connectivity index (χ2n) is 8.48. The van der Waals surface area contributed by atoms with Crippen molar-refractivity contribution in [1.82, 2.24) is 16.0 Å². The Bertz CT molecular complexity index is 723. The van der Waals surface area contributed by atoms with Gasteiger partial charge < -0.3 is 20.7 Å². The third-order valence-electron chi connectivity index (χ3n) is 5.65. The first-order valence-corrected chi connectivity index (χ1v) is 9.85. The number of fused-ring (bicyclic) bond motifs is 1. The van der Waals surface area contributed by atoms with E-state index < -0.39 is 5.54 Å². The predicted molar refractivity (Wildman–Crippen MR) is 105 cm³/mol. The van der Waals surface area contributed by atoms with Gasteiger partial charge in [0.05, 0.1) is 6.04 Å². The zero-order valence-corrected chi connectivity index (χ0v) is 16.8. The van der Waals surface area contributed by atoms with E-state index in [0.717, 1.165) is 36.1 Å². The lowest BCUT2D eigenvalue weighted by molar-refractivity contribution is -0.128. The van der Waals surface area contributed by atoms with Crippen molar-refractivity contribution in [2.75, 3.05) is 7.05 Å². The van der Waals surface area contributed by atoms with E-state index >= 15 is 0 Å². The van der Waals surface area contributed by atoms with Gasteiger partial charge in [0.15, 0.2) is 0 Å². The van der Waals surface area contributed by atoms with Crippen LogP contribution in [0, 0.1) is 6.92 Å². The van der Waals surface area contributed by atoms with E-state index in [1.807, 2.05) is 32.9 Å². The molecule has 1 heterocycles. The Labute approximate surface area is 161 Å². The zero-order chi connectivity index (χ0) is 19.7. The number of aryl methyl sites for hydroxylation is 1. The summed E-state index contributed by atoms with van der Waals surface area (Å²) in [4.78, 5) is 25.4. The normalized spacial score (nSPS) is 22.7. The summed E-state index contributed by atoms with van der Waals surface area (Å²) in [5.41, 5.74) is 0.928. The minimum atomic E-state index is -0.812. The molecule has 3 N–H and O–H groups in total. The van der Waals surface area contributed by atoms with Crippen LogP contribution >= 0.6 is 0 Å². The largest absolute Gasteiger partial charge is 0.487 e. The average molecular weight is 373 g/mol. The SMILES string of the molecule is CNC(=O)C1(NC(=O)N[C@H]2CC(C)(C)Oc3ccc(C)cc32)CCCCC1. The van der Waals surface area contributed by atoms with Gasteiger partial charge in [0.2, 0.25) is 5.91 Å². The second-order valence-corrected chi connectivity index (χ2v) is 8.48. The quantitative estimate of drug-likeness (QED) is 0.760. The van der Waals surface area contributed by atoms with Gasteiger partial charge in [0.25, 0.3) is 0 Å². The van der Waals surface area contributed by atoms with Crippen molar-refractivity contribution in [3.63, 3.8) is 0 Å². The van der Waals surface area contributed by atoms with Crippen LogP contribution in [0.25, 0.3) is 0 Å². The van der Waals surface area contributed by atoms with Gasteiger partial charge in [0.1, 0.15) is 16.9 Å². The molecule has 27 heavy (non-hydrogen) atoms. The van der Waals surface area contributed by atoms with Crippen molar-refractivity contribution in [2.45, 2.75) is 76.5 Å². The first-order chi connectivity index (χ1) is 12.7. The Kier molecular flexibility index (Phi) is 5.36. The van der Waals surface area contributed by atoms with E-state index in [9.17, 15) is 9.59 Å². The number of urea groups is 1. The summed E-state index contributed by atoms with van der Waals surface area (Å²) in [6.45, 7) is 6.07. The summed E-state index contributed by atoms with van der Waals surface area (Å²) in [6.07, 6.45) is 5.01. The number of nitrogens with one attached hydrogen (secondary N) is 3. The Balaban J connectivity index is 1.79. The molecule has 6 nitrogen and oxygen atoms in total. The number of hydrogen-bond donors (Lipinski definition) is 3. The molecule has 0 bridgehead atoms. The highest BCUT2D eigenvalue weighted by atomic mass is 16.5. The molecule has 1 atom stereocenters. The maximum absolute atomic E-state index is 12.9. The minimum absolute atomic E-state index is 0.110. The molecule has 0 aromatic heterocycles. The summed E-state index contributed by atoms with van der Waals surface area (Å²) in [5, 5.41) is 8.82. The lowest BCUT2D eigenvalue weighted by atomic mass is 9.81. The molecular formula is C21H31N3O3. The number of ether oxygens (including phenoxy) is 1. The van der Waals surface area contributed by atoms with E-state index in [4.69, 9.17) is 4.74 Å². The summed E-state index contributed by atoms with van der Waals surface area (Å²) in [7, 11) is 1.62. The molecule has 3 amide bonds. The third kappa shape index (κ3) is 4.20. The molecule has 0 saturated heterocycles. The maximum Gasteiger partial charge on any atom is 0.316 e. The molecule has 148 valence electrons. The molecule has 1 aliphatic heterocycles. The van der Waals surface area contributed by atoms with Gasteiger partial charge in [-0.2, -0.15) is 0 Å². The maximum atomic E-state index is 12.9. The second kappa shape index (κ2) is 7.41. The van der Waals surface area contributed by atoms with Crippen molar-refractivity contribution in [2.24, 2.45) is 0 Å². The fraction of sp³-hybridized carbons (Fsp3) is 0.619. The smallest absolute Gasteiger partial charge is 0.316 e. The van der Waals surface area contributed by atoms with Gasteiger partial charge in [-0.15, -0.1) is 0 Å². The molecule has 1 saturated carbocycles. The van der Waals surface area contributed by atoms with Gasteiger partial charge in [-0.25, -0.2) is 4.79 Å². The summed E-state index contributed by atoms with van der Waals surface area (Å²) in [6, 6.07) is 5.58. The molecular weight excluding hydrogens is 342 g/mol. The third-order valence-corrected chi connectivity index (χ3v) is 5.65. The topological polar surface area (TPSA) is 79.5 Å². The number of likely N-dealkylation sites (N-methyl/N-ethyl adjacent to an activating group) is 1. The summed E-state index contributed by atoms with van der Waals surface area (Å²) in [5.74, 6) is 0.696. The number of amides is 3. The van der Waals surface area contributed by atoms with E-state index in [1.54, 1.807) is 7.05 Å². The molecule has 0 radical (unpaired) electrons. The van der Waals surface area contributed by atoms with Crippen LogP contribution in [0.5, 0.6) is 5.75 Å². The highest BCUT2D eigenvalue weighted by Crippen LogP contribution is 2.40. The lowest BCUT2D eigenvalue weighted by Gasteiger charge is -2.40. The van der Waals surface area contributed by atoms with Crippen LogP contribution in [0.2, 0.25) is 0 Å². The van der Waals surface area contributed by atoms with Crippen LogP contribution in [-0.2, 0) is 4.79 Å². The molecule has 1 fully saturated rings. The first kappa shape index (κ1) is 19.5. The van der Waals surface area contributed by atoms with E-state index in [1.165, 1.54) is 0 Å². The van der Waals surface area contributed by atoms with Gasteiger partial charge in [0, 0.05) is 19.0 Å². The van der Waals surface area contributed by atoms with Crippen LogP contribution in [-0.4, -0.2) is 30.1 Å². The monoisotopic (exact) mass is 373 g/mol. The molecule has 0 unspecified atom stereocenters. The Morgan fingerprint density at radius 3 is 2.52 bits per heavy atom. The van der Waals surface area contributed by atoms with E-state index in [2.05, 4.69) is 22.0 Å². The average Bonchev–Trinajstić information content (AvgIpc) is 2.61. The number of benzene rings is 1. The number of hydrogen-bond acceptors (Lipinski definition) is 3. The fourth-order valence-electron chi connectivity index (χ4n) is 4.32. The molecule has 1 aliphatic carbocycles. The van der Waals surface area contributed by atoms with Crippen molar-refractivity contribution in [3.05, 3.63) is 29.3 Å². The van der Waals surface area contributed by atoms with Gasteiger partial charge in [-0.05, 0) is 39.7 Å². The molecule has 2 aliphatic rings. The van der Waals surface area contributed by atoms with Crippen molar-refractivity contribution >= 4 is 11.9 Å². The van der Waals surface area contributed by atoms with Crippen LogP contribution in [0.4, 0.5) is 4.79 Å². The first-order valence-electron chi connectivity index (χ1n) is 9.85. The van der Waals surface area contributed by atoms with Crippen molar-refractivity contribution < 1.29 is 14.3 Å². The summed E-state index contributed by atoms with van der Waals surface area (Å²) >= 11 is 0. The molecule has 3 rings (SSSR count). The van der Waals surface area contributed by atoms with Crippen molar-refractivity contribution in [3.8, 4) is 5.75 Å². The molecule has 6 heteroatoms. The molecule has 0 spiro atoms. The number of rotatable bonds is 3. The van der Waals surface area contributed by atoms with Crippen molar-refractivity contribution in [1.29, 1.82) is 0 Å². The van der Waals surface area contributed by atoms with Crippen LogP contribution in [0.3, 0.4) is 0 Å². The summed E-state index contributed by atoms with van der Waals surface area (Å²) < 4.78 is 6.08. The highest BCUT2D eigenvalue weighted by molar-refractivity contribution is 5.91. The Morgan fingerprint density at radius 1 is 1.15 bits per heavy atom. The minimum Gasteiger partial charge on any atom is -0.487 e. The fourth-order valence-corrected chi connectivity index (χ4v) is 4.32. The number of carbonyl (C=O) groups excluding carboxylic acids is 2. The van der Waals surface area contributed by atoms with E-state index in [-0.39, 0.29) is 23.6 Å². The predicted octanol–water partition coefficient (Wildman–Crippen LogP) is 3.35. The van der Waals surface area contributed by atoms with Gasteiger partial charge in [-0.3, -0.25) is 4.79 Å². The highest BCUT2D eigenvalue weighted by Gasteiger charge is 2.41. The van der Waals surface area contributed by atoms with Gasteiger partial charge >= 0.3 is 6.03 Å². The Morgan fingerprint density at radius 2 is 1.85 bits per heavy atom. The number of carbonyl (C=O) groups is 2. The van der Waals surface area contributed by atoms with E-state index in [0.29, 0.717) is 19.3 Å². The Hall–Kier alpha value is -2.24. The van der Waals surface area contributed by atoms with Crippen LogP contribution in [0.1, 0.15) is 69.5 Å². The zero-order valence-electron chi connectivity index (χ0n) is 16.8. The van der Waals surface area contributed by atoms with Gasteiger partial charge in [-0.1, -0.05) is 37.0 Å². The standard InChI is InChI=1S/C21H31N3O3/c1-14-8-9-17-15(12-14)16(13-20(2,3)27-17)23-19(26)24-21(18(25)22-4)10-6-5-7-11-21/h8-9,12,16H,5-7,10-11,13H2,1-4H3,(H,22,25)(H2,23,24,26)/t16-/m0/s1. The van der Waals surface area contributed by atoms with Crippen LogP contribution in [0.15, 0.2) is 18.2 Å². The molecule has 1 aromatic carbocycles. The van der Waals surface area contributed by atoms with Crippen LogP contribution < -0.4 is 20.7 Å². The molecule has 1 aromatic rings. The lowest BCUT2D eigenvalue weighted by Crippen LogP contribution is -2.61.